The Morgan fingerprint density at radius 1 is 1.14 bits per heavy atom. The number of carbonyl (C=O) groups is 2. The van der Waals surface area contributed by atoms with Crippen molar-refractivity contribution in [3.05, 3.63) is 68.8 Å². The maximum atomic E-state index is 13.6. The quantitative estimate of drug-likeness (QED) is 0.470. The molecule has 1 aliphatic rings. The van der Waals surface area contributed by atoms with Crippen LogP contribution < -0.4 is 20.1 Å². The molecule has 0 saturated heterocycles. The molecule has 2 aromatic carbocycles. The van der Waals surface area contributed by atoms with Gasteiger partial charge in [-0.05, 0) is 32.0 Å². The van der Waals surface area contributed by atoms with Crippen molar-refractivity contribution in [2.75, 3.05) is 13.2 Å². The summed E-state index contributed by atoms with van der Waals surface area (Å²) in [7, 11) is 0. The number of hydrogen-bond acceptors (Lipinski definition) is 5. The highest BCUT2D eigenvalue weighted by molar-refractivity contribution is 6.42. The van der Waals surface area contributed by atoms with Crippen LogP contribution in [0.2, 0.25) is 10.0 Å². The molecule has 0 saturated carbocycles. The number of allylic oxidation sites excluding steroid dienone is 1. The van der Waals surface area contributed by atoms with E-state index < -0.39 is 29.7 Å². The first-order valence-electron chi connectivity index (χ1n) is 10.7. The van der Waals surface area contributed by atoms with Gasteiger partial charge in [0.15, 0.2) is 24.3 Å². The van der Waals surface area contributed by atoms with Gasteiger partial charge in [0.1, 0.15) is 11.5 Å². The van der Waals surface area contributed by atoms with Gasteiger partial charge in [-0.25, -0.2) is 8.78 Å². The van der Waals surface area contributed by atoms with E-state index in [4.69, 9.17) is 32.7 Å². The van der Waals surface area contributed by atoms with Crippen LogP contribution in [0.15, 0.2) is 41.6 Å². The molecule has 2 amide bonds. The Bertz CT molecular complexity index is 1150. The molecule has 11 heteroatoms. The van der Waals surface area contributed by atoms with Crippen LogP contribution in [0.5, 0.6) is 11.5 Å². The minimum absolute atomic E-state index is 0.0844. The van der Waals surface area contributed by atoms with Gasteiger partial charge in [0, 0.05) is 42.8 Å². The van der Waals surface area contributed by atoms with Crippen molar-refractivity contribution in [2.45, 2.75) is 38.9 Å². The molecule has 3 N–H and O–H groups in total. The third kappa shape index (κ3) is 7.06. The molecule has 7 nitrogen and oxygen atoms in total. The second-order valence-electron chi connectivity index (χ2n) is 8.09. The first kappa shape index (κ1) is 26.7. The standard InChI is InChI=1S/C24H24Cl2F2N2O5/c1-12(2)19(5-6-29-23(32)11-34-13-3-4-15(25)16(26)7-13)30-24(33)22-10-20(31)14-8-17(27)18(28)9-21(14)35-22/h3-4,7-9,20,22,31H,5-6,10-11H2,1-2H3,(H,29,32)(H,30,33). The summed E-state index contributed by atoms with van der Waals surface area (Å²) in [6.45, 7) is 3.55. The fraction of sp³-hybridized carbons (Fsp3) is 0.333. The summed E-state index contributed by atoms with van der Waals surface area (Å²) >= 11 is 11.8. The highest BCUT2D eigenvalue weighted by Crippen LogP contribution is 2.36. The number of fused-ring (bicyclic) bond motifs is 1. The normalized spacial score (nSPS) is 16.5. The largest absolute Gasteiger partial charge is 0.484 e. The lowest BCUT2D eigenvalue weighted by molar-refractivity contribution is -0.129. The Labute approximate surface area is 211 Å². The molecule has 2 unspecified atom stereocenters. The van der Waals surface area contributed by atoms with Crippen molar-refractivity contribution < 1.29 is 33.0 Å². The molecule has 3 rings (SSSR count). The molecule has 2 atom stereocenters. The molecular weight excluding hydrogens is 505 g/mol. The lowest BCUT2D eigenvalue weighted by Crippen LogP contribution is -2.42. The molecule has 0 bridgehead atoms. The number of amides is 2. The zero-order valence-corrected chi connectivity index (χ0v) is 20.5. The van der Waals surface area contributed by atoms with Gasteiger partial charge in [-0.1, -0.05) is 28.8 Å². The van der Waals surface area contributed by atoms with Crippen LogP contribution in [0.25, 0.3) is 0 Å². The van der Waals surface area contributed by atoms with Crippen LogP contribution in [0, 0.1) is 11.6 Å². The van der Waals surface area contributed by atoms with Crippen molar-refractivity contribution in [3.63, 3.8) is 0 Å². The topological polar surface area (TPSA) is 96.9 Å². The zero-order chi connectivity index (χ0) is 25.7. The van der Waals surface area contributed by atoms with E-state index in [1.807, 2.05) is 0 Å². The van der Waals surface area contributed by atoms with Gasteiger partial charge in [-0.3, -0.25) is 9.59 Å². The molecule has 35 heavy (non-hydrogen) atoms. The fourth-order valence-electron chi connectivity index (χ4n) is 3.36. The minimum atomic E-state index is -1.19. The number of halogens is 4. The number of rotatable bonds is 8. The molecule has 0 spiro atoms. The van der Waals surface area contributed by atoms with E-state index in [2.05, 4.69) is 10.6 Å². The summed E-state index contributed by atoms with van der Waals surface area (Å²) in [5.41, 5.74) is 1.43. The van der Waals surface area contributed by atoms with E-state index >= 15 is 0 Å². The van der Waals surface area contributed by atoms with Crippen LogP contribution in [-0.2, 0) is 9.59 Å². The Morgan fingerprint density at radius 3 is 2.54 bits per heavy atom. The number of benzene rings is 2. The summed E-state index contributed by atoms with van der Waals surface area (Å²) in [6.07, 6.45) is -2.11. The lowest BCUT2D eigenvalue weighted by atomic mass is 9.98. The second kappa shape index (κ2) is 11.7. The SMILES string of the molecule is CC(C)=C(CCNC(=O)COc1ccc(Cl)c(Cl)c1)NC(=O)C1CC(O)c2cc(F)c(F)cc2O1. The first-order chi connectivity index (χ1) is 16.5. The van der Waals surface area contributed by atoms with E-state index in [0.29, 0.717) is 27.9 Å². The molecule has 1 heterocycles. The molecule has 2 aromatic rings. The second-order valence-corrected chi connectivity index (χ2v) is 8.91. The highest BCUT2D eigenvalue weighted by atomic mass is 35.5. The minimum Gasteiger partial charge on any atom is -0.484 e. The maximum Gasteiger partial charge on any atom is 0.265 e. The van der Waals surface area contributed by atoms with Crippen LogP contribution in [0.1, 0.15) is 38.4 Å². The number of aliphatic hydroxyl groups is 1. The maximum absolute atomic E-state index is 13.6. The van der Waals surface area contributed by atoms with Gasteiger partial charge in [0.2, 0.25) is 0 Å². The number of ether oxygens (including phenoxy) is 2. The number of hydrogen-bond donors (Lipinski definition) is 3. The molecule has 0 aromatic heterocycles. The van der Waals surface area contributed by atoms with Crippen LogP contribution in [0.3, 0.4) is 0 Å². The average molecular weight is 529 g/mol. The van der Waals surface area contributed by atoms with E-state index in [1.165, 1.54) is 6.07 Å². The van der Waals surface area contributed by atoms with E-state index in [1.54, 1.807) is 26.0 Å². The molecule has 1 aliphatic heterocycles. The van der Waals surface area contributed by atoms with Crippen molar-refractivity contribution in [3.8, 4) is 11.5 Å². The van der Waals surface area contributed by atoms with Crippen molar-refractivity contribution in [2.24, 2.45) is 0 Å². The van der Waals surface area contributed by atoms with E-state index in [9.17, 15) is 23.5 Å². The Balaban J connectivity index is 1.50. The predicted octanol–water partition coefficient (Wildman–Crippen LogP) is 4.45. The molecule has 0 radical (unpaired) electrons. The zero-order valence-electron chi connectivity index (χ0n) is 19.0. The van der Waals surface area contributed by atoms with Crippen molar-refractivity contribution >= 4 is 35.0 Å². The first-order valence-corrected chi connectivity index (χ1v) is 11.5. The van der Waals surface area contributed by atoms with Gasteiger partial charge in [0.25, 0.3) is 11.8 Å². The Morgan fingerprint density at radius 2 is 1.86 bits per heavy atom. The van der Waals surface area contributed by atoms with Gasteiger partial charge in [0.05, 0.1) is 16.1 Å². The van der Waals surface area contributed by atoms with E-state index in [-0.39, 0.29) is 36.8 Å². The van der Waals surface area contributed by atoms with Gasteiger partial charge in [-0.15, -0.1) is 0 Å². The fourth-order valence-corrected chi connectivity index (χ4v) is 3.65. The van der Waals surface area contributed by atoms with Crippen molar-refractivity contribution in [1.29, 1.82) is 0 Å². The summed E-state index contributed by atoms with van der Waals surface area (Å²) in [4.78, 5) is 24.8. The molecule has 0 aliphatic carbocycles. The average Bonchev–Trinajstić information content (AvgIpc) is 2.80. The van der Waals surface area contributed by atoms with Gasteiger partial charge >= 0.3 is 0 Å². The third-order valence-electron chi connectivity index (χ3n) is 5.25. The number of nitrogens with one attached hydrogen (secondary N) is 2. The monoisotopic (exact) mass is 528 g/mol. The Hall–Kier alpha value is -2.88. The van der Waals surface area contributed by atoms with E-state index in [0.717, 1.165) is 17.7 Å². The third-order valence-corrected chi connectivity index (χ3v) is 5.99. The lowest BCUT2D eigenvalue weighted by Gasteiger charge is -2.29. The summed E-state index contributed by atoms with van der Waals surface area (Å²) in [5.74, 6) is -2.86. The number of aliphatic hydroxyl groups excluding tert-OH is 1. The molecule has 0 fully saturated rings. The summed E-state index contributed by atoms with van der Waals surface area (Å²) in [6, 6.07) is 6.32. The van der Waals surface area contributed by atoms with Crippen molar-refractivity contribution in [1.82, 2.24) is 10.6 Å². The summed E-state index contributed by atoms with van der Waals surface area (Å²) in [5, 5.41) is 16.4. The number of carbonyl (C=O) groups excluding carboxylic acids is 2. The van der Waals surface area contributed by atoms with Crippen LogP contribution in [-0.4, -0.2) is 36.2 Å². The highest BCUT2D eigenvalue weighted by Gasteiger charge is 2.33. The van der Waals surface area contributed by atoms with Gasteiger partial charge in [-0.2, -0.15) is 0 Å². The Kier molecular flexibility index (Phi) is 8.93. The van der Waals surface area contributed by atoms with Crippen LogP contribution >= 0.6 is 23.2 Å². The smallest absolute Gasteiger partial charge is 0.265 e. The molecular formula is C24H24Cl2F2N2O5. The molecule has 188 valence electrons. The van der Waals surface area contributed by atoms with Gasteiger partial charge < -0.3 is 25.2 Å². The predicted molar refractivity (Wildman–Crippen MR) is 126 cm³/mol. The van der Waals surface area contributed by atoms with Crippen LogP contribution in [0.4, 0.5) is 8.78 Å². The summed E-state index contributed by atoms with van der Waals surface area (Å²) < 4.78 is 37.9.